The first-order valence-corrected chi connectivity index (χ1v) is 9.61. The van der Waals surface area contributed by atoms with Crippen LogP contribution in [-0.4, -0.2) is 21.6 Å². The van der Waals surface area contributed by atoms with E-state index in [0.717, 1.165) is 34.8 Å². The van der Waals surface area contributed by atoms with Gasteiger partial charge in [0.2, 0.25) is 5.91 Å². The molecule has 0 saturated heterocycles. The second-order valence-electron chi connectivity index (χ2n) is 5.48. The smallest absolute Gasteiger partial charge is 0.324 e. The number of benzene rings is 1. The van der Waals surface area contributed by atoms with Crippen molar-refractivity contribution in [2.45, 2.75) is 18.3 Å². The maximum Gasteiger partial charge on any atom is 0.416 e. The number of nitrogens with zero attached hydrogens (tertiary/aromatic N) is 1. The van der Waals surface area contributed by atoms with Crippen molar-refractivity contribution < 1.29 is 18.0 Å². The van der Waals surface area contributed by atoms with Crippen molar-refractivity contribution >= 4 is 56.5 Å². The molecule has 0 aliphatic rings. The van der Waals surface area contributed by atoms with E-state index >= 15 is 0 Å². The van der Waals surface area contributed by atoms with E-state index in [1.54, 1.807) is 6.07 Å². The first kappa shape index (κ1) is 19.7. The lowest BCUT2D eigenvalue weighted by Gasteiger charge is -2.11. The molecule has 0 aliphatic heterocycles. The molecule has 2 heterocycles. The number of aromatic nitrogens is 2. The number of anilines is 1. The Kier molecular flexibility index (Phi) is 5.50. The monoisotopic (exact) mass is 433 g/mol. The lowest BCUT2D eigenvalue weighted by atomic mass is 10.2. The summed E-state index contributed by atoms with van der Waals surface area (Å²) in [5, 5.41) is 3.05. The van der Waals surface area contributed by atoms with Gasteiger partial charge in [0.05, 0.1) is 27.4 Å². The molecule has 142 valence electrons. The summed E-state index contributed by atoms with van der Waals surface area (Å²) in [6.07, 6.45) is -4.55. The standard InChI is InChI=1S/C16H11ClF3N3O2S2/c1-7-4-9-13(25)22-15(23-14(9)27-7)26-6-12(24)21-11-5-8(16(18,19)20)2-3-10(11)17/h2-5H,6H2,1H3,(H,21,24)(H,22,23,25). The molecule has 11 heteroatoms. The van der Waals surface area contributed by atoms with Gasteiger partial charge in [-0.1, -0.05) is 23.4 Å². The van der Waals surface area contributed by atoms with Crippen LogP contribution in [0.2, 0.25) is 5.02 Å². The van der Waals surface area contributed by atoms with Crippen LogP contribution in [0.1, 0.15) is 10.4 Å². The molecule has 3 rings (SSSR count). The first-order chi connectivity index (χ1) is 12.6. The Hall–Kier alpha value is -2.04. The molecule has 2 aromatic heterocycles. The van der Waals surface area contributed by atoms with Crippen molar-refractivity contribution in [1.29, 1.82) is 0 Å². The molecular formula is C16H11ClF3N3O2S2. The fourth-order valence-electron chi connectivity index (χ4n) is 2.22. The van der Waals surface area contributed by atoms with E-state index in [2.05, 4.69) is 15.3 Å². The molecule has 3 aromatic rings. The lowest BCUT2D eigenvalue weighted by Crippen LogP contribution is -2.16. The Morgan fingerprint density at radius 1 is 1.37 bits per heavy atom. The molecule has 5 nitrogen and oxygen atoms in total. The van der Waals surface area contributed by atoms with Crippen molar-refractivity contribution in [2.75, 3.05) is 11.1 Å². The van der Waals surface area contributed by atoms with Crippen molar-refractivity contribution in [1.82, 2.24) is 9.97 Å². The maximum absolute atomic E-state index is 12.8. The summed E-state index contributed by atoms with van der Waals surface area (Å²) in [4.78, 5) is 32.4. The van der Waals surface area contributed by atoms with Crippen LogP contribution < -0.4 is 10.9 Å². The fraction of sp³-hybridized carbons (Fsp3) is 0.188. The van der Waals surface area contributed by atoms with E-state index in [1.807, 2.05) is 6.92 Å². The zero-order valence-corrected chi connectivity index (χ0v) is 16.0. The molecule has 1 amide bonds. The van der Waals surface area contributed by atoms with Gasteiger partial charge in [-0.2, -0.15) is 13.2 Å². The van der Waals surface area contributed by atoms with Crippen molar-refractivity contribution in [3.8, 4) is 0 Å². The molecule has 0 fully saturated rings. The van der Waals surface area contributed by atoms with Crippen LogP contribution >= 0.6 is 34.7 Å². The SMILES string of the molecule is Cc1cc2c(=O)[nH]c(SCC(=O)Nc3cc(C(F)(F)F)ccc3Cl)nc2s1. The third-order valence-electron chi connectivity index (χ3n) is 3.41. The quantitative estimate of drug-likeness (QED) is 0.462. The van der Waals surface area contributed by atoms with Gasteiger partial charge in [-0.05, 0) is 31.2 Å². The van der Waals surface area contributed by atoms with E-state index < -0.39 is 17.6 Å². The summed E-state index contributed by atoms with van der Waals surface area (Å²) < 4.78 is 38.3. The number of thiophene rings is 1. The second-order valence-corrected chi connectivity index (χ2v) is 8.08. The van der Waals surface area contributed by atoms with Gasteiger partial charge in [-0.3, -0.25) is 9.59 Å². The normalized spacial score (nSPS) is 11.7. The van der Waals surface area contributed by atoms with Crippen LogP contribution in [-0.2, 0) is 11.0 Å². The van der Waals surface area contributed by atoms with Crippen LogP contribution in [0.4, 0.5) is 18.9 Å². The summed E-state index contributed by atoms with van der Waals surface area (Å²) in [5.74, 6) is -0.739. The van der Waals surface area contributed by atoms with E-state index in [9.17, 15) is 22.8 Å². The summed E-state index contributed by atoms with van der Waals surface area (Å²) in [6, 6.07) is 4.40. The number of halogens is 4. The molecule has 0 bridgehead atoms. The second kappa shape index (κ2) is 7.53. The molecule has 2 N–H and O–H groups in total. The average molecular weight is 434 g/mol. The zero-order valence-electron chi connectivity index (χ0n) is 13.6. The molecule has 0 radical (unpaired) electrons. The number of carbonyl (C=O) groups is 1. The topological polar surface area (TPSA) is 74.8 Å². The van der Waals surface area contributed by atoms with Crippen molar-refractivity contribution in [3.63, 3.8) is 0 Å². The van der Waals surface area contributed by atoms with Gasteiger partial charge in [-0.15, -0.1) is 11.3 Å². The summed E-state index contributed by atoms with van der Waals surface area (Å²) in [5.41, 5.74) is -1.37. The Morgan fingerprint density at radius 2 is 2.11 bits per heavy atom. The van der Waals surface area contributed by atoms with Crippen LogP contribution in [0.5, 0.6) is 0 Å². The molecule has 27 heavy (non-hydrogen) atoms. The highest BCUT2D eigenvalue weighted by Crippen LogP contribution is 2.34. The summed E-state index contributed by atoms with van der Waals surface area (Å²) in [6.45, 7) is 1.85. The number of hydrogen-bond acceptors (Lipinski definition) is 5. The Bertz CT molecular complexity index is 1080. The molecular weight excluding hydrogens is 423 g/mol. The number of hydrogen-bond donors (Lipinski definition) is 2. The Labute approximate surface area is 164 Å². The highest BCUT2D eigenvalue weighted by atomic mass is 35.5. The molecule has 0 saturated carbocycles. The van der Waals surface area contributed by atoms with Gasteiger partial charge in [0.25, 0.3) is 5.56 Å². The van der Waals surface area contributed by atoms with Crippen LogP contribution in [0.15, 0.2) is 34.2 Å². The molecule has 0 unspecified atom stereocenters. The van der Waals surface area contributed by atoms with Crippen LogP contribution in [0.25, 0.3) is 10.2 Å². The summed E-state index contributed by atoms with van der Waals surface area (Å²) >= 11 is 8.17. The minimum atomic E-state index is -4.55. The minimum Gasteiger partial charge on any atom is -0.324 e. The Balaban J connectivity index is 1.71. The largest absolute Gasteiger partial charge is 0.416 e. The first-order valence-electron chi connectivity index (χ1n) is 7.43. The van der Waals surface area contributed by atoms with E-state index in [0.29, 0.717) is 10.2 Å². The van der Waals surface area contributed by atoms with Crippen molar-refractivity contribution in [2.24, 2.45) is 0 Å². The minimum absolute atomic E-state index is 0.0108. The number of carbonyl (C=O) groups excluding carboxylic acids is 1. The molecule has 0 atom stereocenters. The fourth-order valence-corrected chi connectivity index (χ4v) is 3.98. The van der Waals surface area contributed by atoms with Gasteiger partial charge < -0.3 is 10.3 Å². The lowest BCUT2D eigenvalue weighted by molar-refractivity contribution is -0.137. The molecule has 0 spiro atoms. The number of fused-ring (bicyclic) bond motifs is 1. The maximum atomic E-state index is 12.8. The predicted octanol–water partition coefficient (Wildman–Crippen LogP) is 4.70. The van der Waals surface area contributed by atoms with Gasteiger partial charge in [-0.25, -0.2) is 4.98 Å². The third kappa shape index (κ3) is 4.63. The molecule has 0 aliphatic carbocycles. The Morgan fingerprint density at radius 3 is 2.81 bits per heavy atom. The van der Waals surface area contributed by atoms with E-state index in [-0.39, 0.29) is 27.2 Å². The number of nitrogens with one attached hydrogen (secondary N) is 2. The van der Waals surface area contributed by atoms with Gasteiger partial charge in [0.15, 0.2) is 5.16 Å². The van der Waals surface area contributed by atoms with Gasteiger partial charge in [0, 0.05) is 4.88 Å². The predicted molar refractivity (Wildman–Crippen MR) is 101 cm³/mol. The van der Waals surface area contributed by atoms with E-state index in [4.69, 9.17) is 11.6 Å². The number of thioether (sulfide) groups is 1. The highest BCUT2D eigenvalue weighted by molar-refractivity contribution is 7.99. The number of H-pyrrole nitrogens is 1. The summed E-state index contributed by atoms with van der Waals surface area (Å²) in [7, 11) is 0. The van der Waals surface area contributed by atoms with Crippen molar-refractivity contribution in [3.05, 3.63) is 50.1 Å². The zero-order chi connectivity index (χ0) is 19.8. The number of amides is 1. The highest BCUT2D eigenvalue weighted by Gasteiger charge is 2.31. The van der Waals surface area contributed by atoms with Gasteiger partial charge in [0.1, 0.15) is 4.83 Å². The van der Waals surface area contributed by atoms with Crippen LogP contribution in [0.3, 0.4) is 0 Å². The third-order valence-corrected chi connectivity index (χ3v) is 5.56. The number of rotatable bonds is 4. The average Bonchev–Trinajstić information content (AvgIpc) is 2.95. The van der Waals surface area contributed by atoms with Crippen LogP contribution in [0, 0.1) is 6.92 Å². The van der Waals surface area contributed by atoms with E-state index in [1.165, 1.54) is 11.3 Å². The molecule has 1 aromatic carbocycles. The number of aryl methyl sites for hydroxylation is 1. The number of aromatic amines is 1. The number of alkyl halides is 3. The van der Waals surface area contributed by atoms with Gasteiger partial charge >= 0.3 is 6.18 Å².